The lowest BCUT2D eigenvalue weighted by Gasteiger charge is -1.98. The molecule has 1 rings (SSSR count). The largest absolute Gasteiger partial charge is 0.399 e. The second-order valence-corrected chi connectivity index (χ2v) is 2.12. The Balaban J connectivity index is 3.17. The highest BCUT2D eigenvalue weighted by Gasteiger charge is 1.90. The molecule has 0 spiro atoms. The van der Waals surface area contributed by atoms with Gasteiger partial charge in [0.15, 0.2) is 0 Å². The smallest absolute Gasteiger partial charge is 0.142 e. The molecule has 0 radical (unpaired) electrons. The second kappa shape index (κ2) is 2.01. The molecule has 3 heteroatoms. The van der Waals surface area contributed by atoms with Gasteiger partial charge in [-0.3, -0.25) is 0 Å². The number of anilines is 2. The van der Waals surface area contributed by atoms with Gasteiger partial charge in [-0.25, -0.2) is 0 Å². The van der Waals surface area contributed by atoms with E-state index in [-0.39, 0.29) is 0 Å². The molecular formula is C6H9BN2. The molecule has 0 aromatic heterocycles. The van der Waals surface area contributed by atoms with Crippen molar-refractivity contribution in [3.8, 4) is 0 Å². The number of benzene rings is 1. The molecule has 0 atom stereocenters. The van der Waals surface area contributed by atoms with E-state index in [0.717, 1.165) is 16.8 Å². The highest BCUT2D eigenvalue weighted by molar-refractivity contribution is 6.35. The summed E-state index contributed by atoms with van der Waals surface area (Å²) in [5.74, 6) is 0. The molecular weight excluding hydrogens is 111 g/mol. The van der Waals surface area contributed by atoms with E-state index in [1.54, 1.807) is 6.07 Å². The monoisotopic (exact) mass is 120 g/mol. The summed E-state index contributed by atoms with van der Waals surface area (Å²) in [5.41, 5.74) is 13.5. The van der Waals surface area contributed by atoms with Crippen LogP contribution in [0, 0.1) is 0 Å². The average molecular weight is 120 g/mol. The Morgan fingerprint density at radius 3 is 2.33 bits per heavy atom. The minimum atomic E-state index is 0.720. The molecule has 0 aliphatic heterocycles. The fourth-order valence-corrected chi connectivity index (χ4v) is 0.659. The molecule has 0 fully saturated rings. The van der Waals surface area contributed by atoms with Crippen LogP contribution in [0.2, 0.25) is 0 Å². The SMILES string of the molecule is Bc1ccc(N)cc1N. The second-order valence-electron chi connectivity index (χ2n) is 2.12. The van der Waals surface area contributed by atoms with Crippen LogP contribution in [0.3, 0.4) is 0 Å². The quantitative estimate of drug-likeness (QED) is 0.344. The lowest BCUT2D eigenvalue weighted by Crippen LogP contribution is -2.09. The third-order valence-electron chi connectivity index (χ3n) is 1.30. The first-order chi connectivity index (χ1) is 4.20. The van der Waals surface area contributed by atoms with Gasteiger partial charge in [0.25, 0.3) is 0 Å². The average Bonchev–Trinajstić information content (AvgIpc) is 1.80. The van der Waals surface area contributed by atoms with Gasteiger partial charge in [-0.15, -0.1) is 0 Å². The third kappa shape index (κ3) is 1.16. The number of nitrogens with two attached hydrogens (primary N) is 2. The zero-order valence-corrected chi connectivity index (χ0v) is 5.39. The summed E-state index contributed by atoms with van der Waals surface area (Å²) in [7, 11) is 1.95. The molecule has 0 aliphatic carbocycles. The van der Waals surface area contributed by atoms with E-state index in [4.69, 9.17) is 11.5 Å². The summed E-state index contributed by atoms with van der Waals surface area (Å²) < 4.78 is 0. The van der Waals surface area contributed by atoms with Crippen molar-refractivity contribution in [2.24, 2.45) is 0 Å². The number of hydrogen-bond donors (Lipinski definition) is 2. The van der Waals surface area contributed by atoms with Crippen LogP contribution >= 0.6 is 0 Å². The van der Waals surface area contributed by atoms with E-state index >= 15 is 0 Å². The Kier molecular flexibility index (Phi) is 1.34. The van der Waals surface area contributed by atoms with E-state index in [1.807, 2.05) is 20.0 Å². The molecule has 0 aliphatic rings. The van der Waals surface area contributed by atoms with Crippen molar-refractivity contribution < 1.29 is 0 Å². The number of hydrogen-bond acceptors (Lipinski definition) is 2. The molecule has 0 saturated carbocycles. The Morgan fingerprint density at radius 1 is 1.22 bits per heavy atom. The van der Waals surface area contributed by atoms with Gasteiger partial charge in [0, 0.05) is 11.4 Å². The first-order valence-corrected chi connectivity index (χ1v) is 2.82. The molecule has 1 aromatic carbocycles. The molecule has 0 amide bonds. The van der Waals surface area contributed by atoms with Crippen LogP contribution in [0.25, 0.3) is 0 Å². The normalized spacial score (nSPS) is 9.33. The molecule has 1 aromatic rings. The molecule has 9 heavy (non-hydrogen) atoms. The van der Waals surface area contributed by atoms with Crippen LogP contribution in [0.4, 0.5) is 11.4 Å². The molecule has 0 heterocycles. The van der Waals surface area contributed by atoms with Gasteiger partial charge in [0.1, 0.15) is 7.85 Å². The highest BCUT2D eigenvalue weighted by Crippen LogP contribution is 2.03. The minimum Gasteiger partial charge on any atom is -0.399 e. The summed E-state index contributed by atoms with van der Waals surface area (Å²) in [4.78, 5) is 0. The first kappa shape index (κ1) is 6.01. The van der Waals surface area contributed by atoms with Crippen LogP contribution in [0.1, 0.15) is 0 Å². The molecule has 46 valence electrons. The van der Waals surface area contributed by atoms with Gasteiger partial charge in [-0.05, 0) is 12.1 Å². The van der Waals surface area contributed by atoms with Crippen LogP contribution in [0.5, 0.6) is 0 Å². The van der Waals surface area contributed by atoms with Crippen LogP contribution < -0.4 is 16.9 Å². The van der Waals surface area contributed by atoms with E-state index < -0.39 is 0 Å². The first-order valence-electron chi connectivity index (χ1n) is 2.82. The van der Waals surface area contributed by atoms with Crippen molar-refractivity contribution in [3.05, 3.63) is 18.2 Å². The fourth-order valence-electron chi connectivity index (χ4n) is 0.659. The minimum absolute atomic E-state index is 0.720. The van der Waals surface area contributed by atoms with Crippen LogP contribution in [-0.2, 0) is 0 Å². The van der Waals surface area contributed by atoms with Crippen molar-refractivity contribution in [1.82, 2.24) is 0 Å². The maximum Gasteiger partial charge on any atom is 0.142 e. The summed E-state index contributed by atoms with van der Waals surface area (Å²) in [6.45, 7) is 0. The standard InChI is InChI=1S/C6H9BN2/c7-5-2-1-4(8)3-6(5)9/h1-3H,7-9H2. The summed E-state index contributed by atoms with van der Waals surface area (Å²) in [6, 6.07) is 5.51. The summed E-state index contributed by atoms with van der Waals surface area (Å²) in [6.07, 6.45) is 0. The topological polar surface area (TPSA) is 52.0 Å². The van der Waals surface area contributed by atoms with Gasteiger partial charge in [0.2, 0.25) is 0 Å². The van der Waals surface area contributed by atoms with Crippen molar-refractivity contribution in [2.45, 2.75) is 0 Å². The van der Waals surface area contributed by atoms with Gasteiger partial charge in [-0.2, -0.15) is 0 Å². The van der Waals surface area contributed by atoms with Gasteiger partial charge < -0.3 is 11.5 Å². The lowest BCUT2D eigenvalue weighted by molar-refractivity contribution is 1.71. The van der Waals surface area contributed by atoms with Crippen molar-refractivity contribution >= 4 is 24.7 Å². The van der Waals surface area contributed by atoms with Crippen molar-refractivity contribution in [2.75, 3.05) is 11.5 Å². The number of nitrogen functional groups attached to an aromatic ring is 2. The molecule has 0 bridgehead atoms. The predicted molar refractivity (Wildman–Crippen MR) is 43.4 cm³/mol. The van der Waals surface area contributed by atoms with E-state index in [2.05, 4.69) is 0 Å². The highest BCUT2D eigenvalue weighted by atomic mass is 14.6. The Morgan fingerprint density at radius 2 is 1.89 bits per heavy atom. The zero-order chi connectivity index (χ0) is 6.85. The van der Waals surface area contributed by atoms with E-state index in [9.17, 15) is 0 Å². The van der Waals surface area contributed by atoms with E-state index in [1.165, 1.54) is 0 Å². The van der Waals surface area contributed by atoms with Gasteiger partial charge in [0.05, 0.1) is 0 Å². The maximum absolute atomic E-state index is 5.54. The zero-order valence-electron chi connectivity index (χ0n) is 5.39. The van der Waals surface area contributed by atoms with Gasteiger partial charge >= 0.3 is 0 Å². The predicted octanol–water partition coefficient (Wildman–Crippen LogP) is -0.891. The van der Waals surface area contributed by atoms with Crippen LogP contribution in [0.15, 0.2) is 18.2 Å². The molecule has 2 nitrogen and oxygen atoms in total. The molecule has 4 N–H and O–H groups in total. The molecule has 0 saturated heterocycles. The van der Waals surface area contributed by atoms with Crippen molar-refractivity contribution in [3.63, 3.8) is 0 Å². The number of rotatable bonds is 0. The van der Waals surface area contributed by atoms with E-state index in [0.29, 0.717) is 0 Å². The lowest BCUT2D eigenvalue weighted by atomic mass is 9.94. The Bertz CT molecular complexity index is 222. The molecule has 0 unspecified atom stereocenters. The Labute approximate surface area is 55.3 Å². The summed E-state index contributed by atoms with van der Waals surface area (Å²) >= 11 is 0. The summed E-state index contributed by atoms with van der Waals surface area (Å²) in [5, 5.41) is 0. The third-order valence-corrected chi connectivity index (χ3v) is 1.30. The Hall–Kier alpha value is -1.12. The van der Waals surface area contributed by atoms with Crippen LogP contribution in [-0.4, -0.2) is 7.85 Å². The fraction of sp³-hybridized carbons (Fsp3) is 0. The van der Waals surface area contributed by atoms with Gasteiger partial charge in [-0.1, -0.05) is 11.5 Å². The van der Waals surface area contributed by atoms with Crippen molar-refractivity contribution in [1.29, 1.82) is 0 Å². The maximum atomic E-state index is 5.54.